The van der Waals surface area contributed by atoms with Gasteiger partial charge in [0.1, 0.15) is 5.75 Å². The Hall–Kier alpha value is -0.380. The molecule has 98 valence electrons. The van der Waals surface area contributed by atoms with Crippen LogP contribution in [0, 0.1) is 0 Å². The summed E-state index contributed by atoms with van der Waals surface area (Å²) < 4.78 is 5.97. The molecule has 1 saturated heterocycles. The Morgan fingerprint density at radius 1 is 1.44 bits per heavy atom. The number of hydrogen-bond donors (Lipinski definition) is 1. The van der Waals surface area contributed by atoms with Crippen LogP contribution in [0.4, 0.5) is 0 Å². The van der Waals surface area contributed by atoms with Crippen molar-refractivity contribution in [2.24, 2.45) is 5.73 Å². The van der Waals surface area contributed by atoms with Gasteiger partial charge in [-0.3, -0.25) is 0 Å². The van der Waals surface area contributed by atoms with Crippen LogP contribution in [0.3, 0.4) is 0 Å². The maximum Gasteiger partial charge on any atom is 0.125 e. The number of thioether (sulfide) groups is 1. The molecule has 4 heteroatoms. The van der Waals surface area contributed by atoms with Crippen LogP contribution < -0.4 is 10.5 Å². The van der Waals surface area contributed by atoms with E-state index in [9.17, 15) is 0 Å². The van der Waals surface area contributed by atoms with Gasteiger partial charge in [-0.1, -0.05) is 11.6 Å². The highest BCUT2D eigenvalue weighted by Gasteiger charge is 2.35. The molecule has 2 heterocycles. The summed E-state index contributed by atoms with van der Waals surface area (Å²) in [6, 6.07) is 4.09. The van der Waals surface area contributed by atoms with Gasteiger partial charge in [-0.25, -0.2) is 0 Å². The number of ether oxygens (including phenoxy) is 1. The highest BCUT2D eigenvalue weighted by molar-refractivity contribution is 8.00. The molecule has 0 aromatic heterocycles. The van der Waals surface area contributed by atoms with Crippen molar-refractivity contribution in [1.82, 2.24) is 0 Å². The number of halogens is 1. The first-order chi connectivity index (χ1) is 8.72. The van der Waals surface area contributed by atoms with Gasteiger partial charge in [0.2, 0.25) is 0 Å². The molecule has 0 aliphatic carbocycles. The largest absolute Gasteiger partial charge is 0.493 e. The molecule has 2 N–H and O–H groups in total. The van der Waals surface area contributed by atoms with Crippen molar-refractivity contribution < 1.29 is 4.74 Å². The summed E-state index contributed by atoms with van der Waals surface area (Å²) in [5.74, 6) is 2.29. The van der Waals surface area contributed by atoms with E-state index in [1.807, 2.05) is 17.8 Å². The molecular weight excluding hydrogens is 266 g/mol. The van der Waals surface area contributed by atoms with Crippen LogP contribution in [0.5, 0.6) is 5.75 Å². The fourth-order valence-electron chi connectivity index (χ4n) is 2.95. The first-order valence-electron chi connectivity index (χ1n) is 6.51. The standard InChI is InChI=1S/C14H18ClNOS/c15-12-6-10-2-4-17-13(10)11(7-12)8-14(9-16)3-1-5-18-14/h6-7H,1-5,8-9,16H2. The third-order valence-corrected chi connectivity index (χ3v) is 5.73. The predicted octanol–water partition coefficient (Wildman–Crippen LogP) is 3.04. The van der Waals surface area contributed by atoms with Gasteiger partial charge in [0, 0.05) is 22.7 Å². The van der Waals surface area contributed by atoms with Crippen LogP contribution in [0.2, 0.25) is 5.02 Å². The Morgan fingerprint density at radius 3 is 3.06 bits per heavy atom. The fourth-order valence-corrected chi connectivity index (χ4v) is 4.60. The third kappa shape index (κ3) is 2.24. The van der Waals surface area contributed by atoms with Crippen molar-refractivity contribution in [2.45, 2.75) is 30.4 Å². The number of nitrogens with two attached hydrogens (primary N) is 1. The Labute approximate surface area is 117 Å². The molecule has 0 radical (unpaired) electrons. The summed E-state index contributed by atoms with van der Waals surface area (Å²) in [7, 11) is 0. The topological polar surface area (TPSA) is 35.2 Å². The normalized spacial score (nSPS) is 26.1. The molecule has 1 atom stereocenters. The minimum Gasteiger partial charge on any atom is -0.493 e. The van der Waals surface area contributed by atoms with Crippen molar-refractivity contribution in [3.05, 3.63) is 28.3 Å². The lowest BCUT2D eigenvalue weighted by atomic mass is 9.93. The minimum absolute atomic E-state index is 0.199. The van der Waals surface area contributed by atoms with E-state index in [1.165, 1.54) is 29.7 Å². The molecule has 1 fully saturated rings. The molecule has 2 aliphatic rings. The molecule has 1 aromatic rings. The maximum absolute atomic E-state index is 6.21. The number of benzene rings is 1. The summed E-state index contributed by atoms with van der Waals surface area (Å²) in [6.45, 7) is 1.52. The molecule has 0 amide bonds. The second kappa shape index (κ2) is 4.95. The van der Waals surface area contributed by atoms with Crippen molar-refractivity contribution in [3.63, 3.8) is 0 Å². The number of hydrogen-bond acceptors (Lipinski definition) is 3. The van der Waals surface area contributed by atoms with Gasteiger partial charge in [0.05, 0.1) is 6.61 Å². The lowest BCUT2D eigenvalue weighted by Gasteiger charge is -2.27. The average molecular weight is 284 g/mol. The Kier molecular flexibility index (Phi) is 3.48. The third-order valence-electron chi connectivity index (χ3n) is 3.89. The van der Waals surface area contributed by atoms with Gasteiger partial charge in [0.25, 0.3) is 0 Å². The van der Waals surface area contributed by atoms with Gasteiger partial charge in [-0.2, -0.15) is 11.8 Å². The van der Waals surface area contributed by atoms with Crippen LogP contribution in [0.25, 0.3) is 0 Å². The van der Waals surface area contributed by atoms with Gasteiger partial charge < -0.3 is 10.5 Å². The molecule has 1 unspecified atom stereocenters. The highest BCUT2D eigenvalue weighted by atomic mass is 35.5. The Bertz CT molecular complexity index is 457. The molecule has 0 saturated carbocycles. The maximum atomic E-state index is 6.21. The van der Waals surface area contributed by atoms with E-state index in [0.717, 1.165) is 36.8 Å². The second-order valence-electron chi connectivity index (χ2n) is 5.17. The first-order valence-corrected chi connectivity index (χ1v) is 7.87. The van der Waals surface area contributed by atoms with Crippen molar-refractivity contribution >= 4 is 23.4 Å². The fraction of sp³-hybridized carbons (Fsp3) is 0.571. The van der Waals surface area contributed by atoms with Gasteiger partial charge in [-0.15, -0.1) is 0 Å². The van der Waals surface area contributed by atoms with Crippen molar-refractivity contribution in [3.8, 4) is 5.75 Å². The van der Waals surface area contributed by atoms with E-state index in [2.05, 4.69) is 6.07 Å². The van der Waals surface area contributed by atoms with E-state index in [0.29, 0.717) is 0 Å². The van der Waals surface area contributed by atoms with Crippen LogP contribution in [-0.4, -0.2) is 23.7 Å². The zero-order valence-corrected chi connectivity index (χ0v) is 11.9. The molecule has 18 heavy (non-hydrogen) atoms. The van der Waals surface area contributed by atoms with Gasteiger partial charge in [-0.05, 0) is 48.3 Å². The lowest BCUT2D eigenvalue weighted by molar-refractivity contribution is 0.351. The SMILES string of the molecule is NCC1(Cc2cc(Cl)cc3c2OCC3)CCCS1. The van der Waals surface area contributed by atoms with Crippen LogP contribution in [0.1, 0.15) is 24.0 Å². The molecule has 1 aromatic carbocycles. The first kappa shape index (κ1) is 12.6. The monoisotopic (exact) mass is 283 g/mol. The lowest BCUT2D eigenvalue weighted by Crippen LogP contribution is -2.34. The average Bonchev–Trinajstić information content (AvgIpc) is 2.98. The molecule has 2 nitrogen and oxygen atoms in total. The van der Waals surface area contributed by atoms with E-state index in [1.54, 1.807) is 0 Å². The van der Waals surface area contributed by atoms with Gasteiger partial charge >= 0.3 is 0 Å². The van der Waals surface area contributed by atoms with Crippen molar-refractivity contribution in [1.29, 1.82) is 0 Å². The quantitative estimate of drug-likeness (QED) is 0.926. The molecule has 0 bridgehead atoms. The zero-order valence-electron chi connectivity index (χ0n) is 10.4. The highest BCUT2D eigenvalue weighted by Crippen LogP contribution is 2.43. The van der Waals surface area contributed by atoms with E-state index in [4.69, 9.17) is 22.1 Å². The number of rotatable bonds is 3. The van der Waals surface area contributed by atoms with Crippen molar-refractivity contribution in [2.75, 3.05) is 18.9 Å². The van der Waals surface area contributed by atoms with E-state index < -0.39 is 0 Å². The van der Waals surface area contributed by atoms with Gasteiger partial charge in [0.15, 0.2) is 0 Å². The smallest absolute Gasteiger partial charge is 0.125 e. The van der Waals surface area contributed by atoms with E-state index >= 15 is 0 Å². The summed E-state index contributed by atoms with van der Waals surface area (Å²) in [4.78, 5) is 0. The molecular formula is C14H18ClNOS. The Balaban J connectivity index is 1.92. The molecule has 2 aliphatic heterocycles. The predicted molar refractivity (Wildman–Crippen MR) is 77.8 cm³/mol. The second-order valence-corrected chi connectivity index (χ2v) is 7.17. The van der Waals surface area contributed by atoms with Crippen LogP contribution in [0.15, 0.2) is 12.1 Å². The summed E-state index contributed by atoms with van der Waals surface area (Å²) in [5, 5.41) is 0.824. The Morgan fingerprint density at radius 2 is 2.33 bits per heavy atom. The zero-order chi connectivity index (χ0) is 12.6. The van der Waals surface area contributed by atoms with Crippen LogP contribution in [-0.2, 0) is 12.8 Å². The van der Waals surface area contributed by atoms with E-state index in [-0.39, 0.29) is 4.75 Å². The molecule has 3 rings (SSSR count). The summed E-state index contributed by atoms with van der Waals surface area (Å²) >= 11 is 8.22. The number of fused-ring (bicyclic) bond motifs is 1. The molecule has 0 spiro atoms. The summed E-state index contributed by atoms with van der Waals surface area (Å²) in [6.07, 6.45) is 4.43. The summed E-state index contributed by atoms with van der Waals surface area (Å²) in [5.41, 5.74) is 8.51. The minimum atomic E-state index is 0.199. The van der Waals surface area contributed by atoms with Crippen LogP contribution >= 0.6 is 23.4 Å².